The number of hydrogen-bond donors (Lipinski definition) is 0. The molecule has 98 valence electrons. The Hall–Kier alpha value is -0.790. The van der Waals surface area contributed by atoms with E-state index in [1.807, 2.05) is 0 Å². The van der Waals surface area contributed by atoms with Crippen molar-refractivity contribution in [2.45, 2.75) is 65.2 Å². The molecule has 0 fully saturated rings. The van der Waals surface area contributed by atoms with Crippen LogP contribution in [0.1, 0.15) is 65.2 Å². The van der Waals surface area contributed by atoms with Gasteiger partial charge in [0.1, 0.15) is 0 Å². The largest absolute Gasteiger partial charge is 0.465 e. The van der Waals surface area contributed by atoms with Crippen molar-refractivity contribution < 1.29 is 9.53 Å². The second-order valence-corrected chi connectivity index (χ2v) is 5.10. The third kappa shape index (κ3) is 5.90. The molecular weight excluding hydrogens is 212 g/mol. The van der Waals surface area contributed by atoms with E-state index in [0.717, 1.165) is 25.7 Å². The van der Waals surface area contributed by atoms with E-state index in [1.54, 1.807) is 0 Å². The first-order valence-electron chi connectivity index (χ1n) is 7.06. The van der Waals surface area contributed by atoms with Gasteiger partial charge in [-0.1, -0.05) is 44.3 Å². The SMILES string of the molecule is CCCCCCCOC(=O)C1CC=C(C)CC1. The topological polar surface area (TPSA) is 26.3 Å². The van der Waals surface area contributed by atoms with E-state index in [0.29, 0.717) is 6.61 Å². The predicted octanol–water partition coefficient (Wildman–Crippen LogP) is 4.25. The minimum absolute atomic E-state index is 0.0178. The van der Waals surface area contributed by atoms with E-state index in [4.69, 9.17) is 4.74 Å². The summed E-state index contributed by atoms with van der Waals surface area (Å²) >= 11 is 0. The summed E-state index contributed by atoms with van der Waals surface area (Å²) in [4.78, 5) is 11.7. The molecular formula is C15H26O2. The number of unbranched alkanes of at least 4 members (excludes halogenated alkanes) is 4. The zero-order valence-corrected chi connectivity index (χ0v) is 11.3. The van der Waals surface area contributed by atoms with Gasteiger partial charge in [-0.15, -0.1) is 0 Å². The van der Waals surface area contributed by atoms with Gasteiger partial charge in [0, 0.05) is 0 Å². The lowest BCUT2D eigenvalue weighted by Gasteiger charge is -2.18. The monoisotopic (exact) mass is 238 g/mol. The summed E-state index contributed by atoms with van der Waals surface area (Å²) in [5, 5.41) is 0. The van der Waals surface area contributed by atoms with Gasteiger partial charge >= 0.3 is 5.97 Å². The maximum absolute atomic E-state index is 11.7. The van der Waals surface area contributed by atoms with E-state index in [1.165, 1.54) is 31.3 Å². The third-order valence-electron chi connectivity index (χ3n) is 3.46. The Morgan fingerprint density at radius 3 is 2.76 bits per heavy atom. The van der Waals surface area contributed by atoms with Gasteiger partial charge in [-0.3, -0.25) is 4.79 Å². The number of carbonyl (C=O) groups is 1. The Morgan fingerprint density at radius 2 is 2.12 bits per heavy atom. The fraction of sp³-hybridized carbons (Fsp3) is 0.800. The first-order valence-corrected chi connectivity index (χ1v) is 7.06. The molecule has 0 aromatic heterocycles. The van der Waals surface area contributed by atoms with Crippen molar-refractivity contribution in [2.75, 3.05) is 6.61 Å². The minimum atomic E-state index is 0.0178. The maximum atomic E-state index is 11.7. The molecule has 1 unspecified atom stereocenters. The molecule has 0 radical (unpaired) electrons. The molecule has 1 aliphatic carbocycles. The highest BCUT2D eigenvalue weighted by Gasteiger charge is 2.21. The maximum Gasteiger partial charge on any atom is 0.309 e. The molecule has 0 heterocycles. The van der Waals surface area contributed by atoms with Crippen LogP contribution in [0.5, 0.6) is 0 Å². The second kappa shape index (κ2) is 8.32. The Balaban J connectivity index is 2.05. The van der Waals surface area contributed by atoms with Gasteiger partial charge in [-0.2, -0.15) is 0 Å². The highest BCUT2D eigenvalue weighted by Crippen LogP contribution is 2.24. The molecule has 2 heteroatoms. The van der Waals surface area contributed by atoms with Crippen molar-refractivity contribution in [3.63, 3.8) is 0 Å². The zero-order valence-electron chi connectivity index (χ0n) is 11.3. The molecule has 0 spiro atoms. The molecule has 0 aromatic carbocycles. The lowest BCUT2D eigenvalue weighted by atomic mass is 9.90. The van der Waals surface area contributed by atoms with Crippen LogP contribution in [0.4, 0.5) is 0 Å². The van der Waals surface area contributed by atoms with Crippen LogP contribution >= 0.6 is 0 Å². The van der Waals surface area contributed by atoms with E-state index >= 15 is 0 Å². The third-order valence-corrected chi connectivity index (χ3v) is 3.46. The molecule has 0 N–H and O–H groups in total. The van der Waals surface area contributed by atoms with Crippen LogP contribution in [0.15, 0.2) is 11.6 Å². The van der Waals surface area contributed by atoms with Gasteiger partial charge in [0.2, 0.25) is 0 Å². The van der Waals surface area contributed by atoms with Crippen LogP contribution in [0.2, 0.25) is 0 Å². The van der Waals surface area contributed by atoms with Crippen molar-refractivity contribution in [1.82, 2.24) is 0 Å². The molecule has 0 aliphatic heterocycles. The summed E-state index contributed by atoms with van der Waals surface area (Å²) in [6.45, 7) is 4.95. The van der Waals surface area contributed by atoms with Crippen molar-refractivity contribution in [3.05, 3.63) is 11.6 Å². The van der Waals surface area contributed by atoms with Crippen LogP contribution in [0, 0.1) is 5.92 Å². The van der Waals surface area contributed by atoms with Crippen LogP contribution in [0.25, 0.3) is 0 Å². The number of ether oxygens (including phenoxy) is 1. The lowest BCUT2D eigenvalue weighted by molar-refractivity contribution is -0.148. The number of allylic oxidation sites excluding steroid dienone is 2. The molecule has 0 saturated carbocycles. The first-order chi connectivity index (χ1) is 8.24. The normalized spacial score (nSPS) is 19.9. The zero-order chi connectivity index (χ0) is 12.5. The second-order valence-electron chi connectivity index (χ2n) is 5.10. The minimum Gasteiger partial charge on any atom is -0.465 e. The van der Waals surface area contributed by atoms with Crippen LogP contribution in [-0.4, -0.2) is 12.6 Å². The smallest absolute Gasteiger partial charge is 0.309 e. The summed E-state index contributed by atoms with van der Waals surface area (Å²) in [6.07, 6.45) is 11.1. The van der Waals surface area contributed by atoms with Gasteiger partial charge in [0.05, 0.1) is 12.5 Å². The van der Waals surface area contributed by atoms with E-state index in [2.05, 4.69) is 19.9 Å². The summed E-state index contributed by atoms with van der Waals surface area (Å²) in [6, 6.07) is 0. The molecule has 0 aromatic rings. The van der Waals surface area contributed by atoms with E-state index < -0.39 is 0 Å². The Morgan fingerprint density at radius 1 is 1.35 bits per heavy atom. The number of rotatable bonds is 7. The molecule has 17 heavy (non-hydrogen) atoms. The highest BCUT2D eigenvalue weighted by atomic mass is 16.5. The molecule has 0 saturated heterocycles. The molecule has 2 nitrogen and oxygen atoms in total. The lowest BCUT2D eigenvalue weighted by Crippen LogP contribution is -2.20. The van der Waals surface area contributed by atoms with Gasteiger partial charge in [0.25, 0.3) is 0 Å². The first kappa shape index (κ1) is 14.3. The Kier molecular flexibility index (Phi) is 6.99. The van der Waals surface area contributed by atoms with Gasteiger partial charge in [0.15, 0.2) is 0 Å². The molecule has 0 amide bonds. The Labute approximate surface area is 105 Å². The van der Waals surface area contributed by atoms with Crippen molar-refractivity contribution >= 4 is 5.97 Å². The molecule has 1 rings (SSSR count). The Bertz CT molecular complexity index is 256. The average molecular weight is 238 g/mol. The van der Waals surface area contributed by atoms with Crippen LogP contribution in [0.3, 0.4) is 0 Å². The summed E-state index contributed by atoms with van der Waals surface area (Å²) in [7, 11) is 0. The van der Waals surface area contributed by atoms with E-state index in [-0.39, 0.29) is 11.9 Å². The quantitative estimate of drug-likeness (QED) is 0.376. The molecule has 1 atom stereocenters. The molecule has 0 bridgehead atoms. The summed E-state index contributed by atoms with van der Waals surface area (Å²) in [5.41, 5.74) is 1.41. The van der Waals surface area contributed by atoms with Gasteiger partial charge in [-0.05, 0) is 32.6 Å². The van der Waals surface area contributed by atoms with Crippen molar-refractivity contribution in [2.24, 2.45) is 5.92 Å². The van der Waals surface area contributed by atoms with Crippen LogP contribution < -0.4 is 0 Å². The number of esters is 1. The van der Waals surface area contributed by atoms with E-state index in [9.17, 15) is 4.79 Å². The average Bonchev–Trinajstić information content (AvgIpc) is 2.34. The fourth-order valence-electron chi connectivity index (χ4n) is 2.18. The fourth-order valence-corrected chi connectivity index (χ4v) is 2.18. The molecule has 1 aliphatic rings. The number of carbonyl (C=O) groups excluding carboxylic acids is 1. The summed E-state index contributed by atoms with van der Waals surface area (Å²) < 4.78 is 5.33. The number of hydrogen-bond acceptors (Lipinski definition) is 2. The summed E-state index contributed by atoms with van der Waals surface area (Å²) in [5.74, 6) is 0.138. The standard InChI is InChI=1S/C15H26O2/c1-3-4-5-6-7-12-17-15(16)14-10-8-13(2)9-11-14/h8,14H,3-7,9-12H2,1-2H3. The van der Waals surface area contributed by atoms with Crippen LogP contribution in [-0.2, 0) is 9.53 Å². The van der Waals surface area contributed by atoms with Crippen molar-refractivity contribution in [3.8, 4) is 0 Å². The predicted molar refractivity (Wildman–Crippen MR) is 70.8 cm³/mol. The van der Waals surface area contributed by atoms with Gasteiger partial charge < -0.3 is 4.74 Å². The highest BCUT2D eigenvalue weighted by molar-refractivity contribution is 5.72. The van der Waals surface area contributed by atoms with Gasteiger partial charge in [-0.25, -0.2) is 0 Å². The van der Waals surface area contributed by atoms with Crippen molar-refractivity contribution in [1.29, 1.82) is 0 Å².